The van der Waals surface area contributed by atoms with E-state index >= 15 is 0 Å². The molecule has 1 amide bonds. The van der Waals surface area contributed by atoms with Gasteiger partial charge >= 0.3 is 0 Å². The molecule has 2 aromatic carbocycles. The lowest BCUT2D eigenvalue weighted by Gasteiger charge is -2.12. The van der Waals surface area contributed by atoms with Gasteiger partial charge in [-0.1, -0.05) is 6.07 Å². The molecule has 1 heterocycles. The van der Waals surface area contributed by atoms with E-state index in [1.165, 1.54) is 30.6 Å². The van der Waals surface area contributed by atoms with Gasteiger partial charge in [-0.2, -0.15) is 0 Å². The summed E-state index contributed by atoms with van der Waals surface area (Å²) in [5, 5.41) is 9.56. The van der Waals surface area contributed by atoms with E-state index in [1.807, 2.05) is 0 Å². The number of aromatic hydroxyl groups is 1. The molecule has 0 saturated carbocycles. The van der Waals surface area contributed by atoms with Gasteiger partial charge in [-0.3, -0.25) is 14.8 Å². The first-order valence-corrected chi connectivity index (χ1v) is 6.31. The number of nitrogen functional groups attached to an aromatic ring is 1. The average molecular weight is 298 g/mol. The Balaban J connectivity index is 2.42. The zero-order valence-corrected chi connectivity index (χ0v) is 11.2. The summed E-state index contributed by atoms with van der Waals surface area (Å²) in [6.45, 7) is 0. The van der Waals surface area contributed by atoms with E-state index in [0.717, 1.165) is 6.07 Å². The standard InChI is InChI=1S/C15H11FN4O2/c16-9-2-1-7(5-11(9)21)12-13(17)8(15(18)22)6-10-14(12)20-4-3-19-10/h1-6,21H,17H2,(H2,18,22). The zero-order valence-electron chi connectivity index (χ0n) is 11.2. The van der Waals surface area contributed by atoms with Crippen LogP contribution in [0.4, 0.5) is 10.1 Å². The number of rotatable bonds is 2. The second-order valence-electron chi connectivity index (χ2n) is 4.67. The molecule has 0 radical (unpaired) electrons. The quantitative estimate of drug-likeness (QED) is 0.624. The van der Waals surface area contributed by atoms with Gasteiger partial charge in [-0.25, -0.2) is 4.39 Å². The fraction of sp³-hybridized carbons (Fsp3) is 0. The number of phenolic OH excluding ortho intramolecular Hbond substituents is 1. The molecular weight excluding hydrogens is 287 g/mol. The third-order valence-corrected chi connectivity index (χ3v) is 3.30. The second-order valence-corrected chi connectivity index (χ2v) is 4.67. The molecule has 0 unspecified atom stereocenters. The van der Waals surface area contributed by atoms with E-state index in [0.29, 0.717) is 22.2 Å². The summed E-state index contributed by atoms with van der Waals surface area (Å²) in [6, 6.07) is 5.19. The Bertz CT molecular complexity index is 911. The first-order valence-electron chi connectivity index (χ1n) is 6.31. The number of halogens is 1. The zero-order chi connectivity index (χ0) is 15.9. The summed E-state index contributed by atoms with van der Waals surface area (Å²) >= 11 is 0. The minimum absolute atomic E-state index is 0.0896. The maximum atomic E-state index is 13.3. The van der Waals surface area contributed by atoms with E-state index in [1.54, 1.807) is 0 Å². The molecule has 0 spiro atoms. The van der Waals surface area contributed by atoms with Crippen LogP contribution in [-0.4, -0.2) is 21.0 Å². The predicted molar refractivity (Wildman–Crippen MR) is 79.5 cm³/mol. The van der Waals surface area contributed by atoms with Crippen LogP contribution in [0.2, 0.25) is 0 Å². The molecular formula is C15H11FN4O2. The molecule has 110 valence electrons. The van der Waals surface area contributed by atoms with E-state index in [-0.39, 0.29) is 11.3 Å². The third kappa shape index (κ3) is 2.08. The highest BCUT2D eigenvalue weighted by Gasteiger charge is 2.18. The van der Waals surface area contributed by atoms with Gasteiger partial charge in [0.1, 0.15) is 0 Å². The molecule has 0 aliphatic heterocycles. The summed E-state index contributed by atoms with van der Waals surface area (Å²) < 4.78 is 13.3. The molecule has 5 N–H and O–H groups in total. The minimum Gasteiger partial charge on any atom is -0.505 e. The first-order chi connectivity index (χ1) is 10.5. The topological polar surface area (TPSA) is 115 Å². The van der Waals surface area contributed by atoms with Gasteiger partial charge < -0.3 is 16.6 Å². The number of hydrogen-bond acceptors (Lipinski definition) is 5. The number of benzene rings is 2. The SMILES string of the molecule is NC(=O)c1cc2nccnc2c(-c2ccc(F)c(O)c2)c1N. The van der Waals surface area contributed by atoms with Crippen molar-refractivity contribution in [1.82, 2.24) is 9.97 Å². The monoisotopic (exact) mass is 298 g/mol. The number of anilines is 1. The number of hydrogen-bond donors (Lipinski definition) is 3. The van der Waals surface area contributed by atoms with Crippen molar-refractivity contribution >= 4 is 22.6 Å². The molecule has 1 aromatic heterocycles. The normalized spacial score (nSPS) is 10.8. The van der Waals surface area contributed by atoms with Gasteiger partial charge in [-0.05, 0) is 23.8 Å². The average Bonchev–Trinajstić information content (AvgIpc) is 2.49. The largest absolute Gasteiger partial charge is 0.505 e. The number of nitrogens with two attached hydrogens (primary N) is 2. The molecule has 22 heavy (non-hydrogen) atoms. The van der Waals surface area contributed by atoms with Gasteiger partial charge in [0, 0.05) is 18.0 Å². The minimum atomic E-state index is -0.760. The fourth-order valence-corrected chi connectivity index (χ4v) is 2.29. The fourth-order valence-electron chi connectivity index (χ4n) is 2.29. The Morgan fingerprint density at radius 1 is 1.18 bits per heavy atom. The maximum Gasteiger partial charge on any atom is 0.250 e. The maximum absolute atomic E-state index is 13.3. The predicted octanol–water partition coefficient (Wildman–Crippen LogP) is 1.82. The number of carbonyl (C=O) groups excluding carboxylic acids is 1. The molecule has 6 nitrogen and oxygen atoms in total. The Labute approximate surface area is 124 Å². The smallest absolute Gasteiger partial charge is 0.250 e. The van der Waals surface area contributed by atoms with Crippen molar-refractivity contribution in [2.45, 2.75) is 0 Å². The van der Waals surface area contributed by atoms with Crippen LogP contribution in [0, 0.1) is 5.82 Å². The van der Waals surface area contributed by atoms with Gasteiger partial charge in [0.2, 0.25) is 0 Å². The van der Waals surface area contributed by atoms with Crippen molar-refractivity contribution in [2.75, 3.05) is 5.73 Å². The summed E-state index contributed by atoms with van der Waals surface area (Å²) in [5.41, 5.74) is 13.2. The summed E-state index contributed by atoms with van der Waals surface area (Å²) in [7, 11) is 0. The van der Waals surface area contributed by atoms with Crippen LogP contribution in [0.3, 0.4) is 0 Å². The van der Waals surface area contributed by atoms with Crippen molar-refractivity contribution in [1.29, 1.82) is 0 Å². The number of aromatic nitrogens is 2. The molecule has 0 fully saturated rings. The van der Waals surface area contributed by atoms with Crippen molar-refractivity contribution in [2.24, 2.45) is 5.73 Å². The number of nitrogens with zero attached hydrogens (tertiary/aromatic N) is 2. The highest BCUT2D eigenvalue weighted by atomic mass is 19.1. The van der Waals surface area contributed by atoms with Crippen molar-refractivity contribution in [3.63, 3.8) is 0 Å². The number of amides is 1. The highest BCUT2D eigenvalue weighted by molar-refractivity contribution is 6.09. The van der Waals surface area contributed by atoms with E-state index in [2.05, 4.69) is 9.97 Å². The Morgan fingerprint density at radius 2 is 1.91 bits per heavy atom. The second kappa shape index (κ2) is 4.96. The van der Waals surface area contributed by atoms with Crippen LogP contribution in [-0.2, 0) is 0 Å². The first kappa shape index (κ1) is 13.7. The number of carbonyl (C=O) groups is 1. The number of phenols is 1. The van der Waals surface area contributed by atoms with E-state index in [9.17, 15) is 14.3 Å². The molecule has 7 heteroatoms. The van der Waals surface area contributed by atoms with Gasteiger partial charge in [0.05, 0.1) is 22.3 Å². The molecule has 0 atom stereocenters. The Hall–Kier alpha value is -3.22. The lowest BCUT2D eigenvalue weighted by molar-refractivity contribution is 0.100. The van der Waals surface area contributed by atoms with Crippen LogP contribution in [0.25, 0.3) is 22.2 Å². The van der Waals surface area contributed by atoms with Crippen molar-refractivity contribution in [3.05, 3.63) is 48.0 Å². The van der Waals surface area contributed by atoms with Gasteiger partial charge in [0.15, 0.2) is 11.6 Å². The summed E-state index contributed by atoms with van der Waals surface area (Å²) in [4.78, 5) is 19.9. The number of fused-ring (bicyclic) bond motifs is 1. The van der Waals surface area contributed by atoms with Gasteiger partial charge in [-0.15, -0.1) is 0 Å². The van der Waals surface area contributed by atoms with E-state index in [4.69, 9.17) is 11.5 Å². The van der Waals surface area contributed by atoms with Crippen LogP contribution in [0.5, 0.6) is 5.75 Å². The van der Waals surface area contributed by atoms with Crippen LogP contribution in [0.15, 0.2) is 36.7 Å². The molecule has 0 saturated heterocycles. The van der Waals surface area contributed by atoms with Crippen LogP contribution < -0.4 is 11.5 Å². The summed E-state index contributed by atoms with van der Waals surface area (Å²) in [5.74, 6) is -2.00. The highest BCUT2D eigenvalue weighted by Crippen LogP contribution is 2.36. The molecule has 0 aliphatic rings. The Morgan fingerprint density at radius 3 is 2.59 bits per heavy atom. The van der Waals surface area contributed by atoms with Crippen LogP contribution >= 0.6 is 0 Å². The van der Waals surface area contributed by atoms with E-state index < -0.39 is 17.5 Å². The number of primary amides is 1. The van der Waals surface area contributed by atoms with Gasteiger partial charge in [0.25, 0.3) is 5.91 Å². The van der Waals surface area contributed by atoms with Crippen molar-refractivity contribution in [3.8, 4) is 16.9 Å². The lowest BCUT2D eigenvalue weighted by atomic mass is 9.97. The molecule has 3 rings (SSSR count). The van der Waals surface area contributed by atoms with Crippen LogP contribution in [0.1, 0.15) is 10.4 Å². The Kier molecular flexibility index (Phi) is 3.10. The molecule has 3 aromatic rings. The molecule has 0 aliphatic carbocycles. The lowest BCUT2D eigenvalue weighted by Crippen LogP contribution is -2.14. The molecule has 0 bridgehead atoms. The van der Waals surface area contributed by atoms with Crippen molar-refractivity contribution < 1.29 is 14.3 Å². The third-order valence-electron chi connectivity index (χ3n) is 3.30. The summed E-state index contributed by atoms with van der Waals surface area (Å²) in [6.07, 6.45) is 2.94.